The van der Waals surface area contributed by atoms with E-state index in [1.165, 1.54) is 37.3 Å². The Morgan fingerprint density at radius 1 is 1.35 bits per heavy atom. The molecule has 1 unspecified atom stereocenters. The van der Waals surface area contributed by atoms with Crippen LogP contribution in [0.4, 0.5) is 11.4 Å². The molecule has 2 rings (SSSR count). The van der Waals surface area contributed by atoms with E-state index in [1.54, 1.807) is 12.1 Å². The number of nitrogens with one attached hydrogen (secondary N) is 1. The number of non-ortho nitro benzene ring substituents is 1. The minimum Gasteiger partial charge on any atom is -0.481 e. The van der Waals surface area contributed by atoms with Crippen molar-refractivity contribution in [3.05, 3.63) is 58.2 Å². The number of carboxylic acid groups (broad SMARTS) is 2. The number of nitrogens with zero attached hydrogens (tertiary/aromatic N) is 1. The summed E-state index contributed by atoms with van der Waals surface area (Å²) in [4.78, 5) is 31.3. The molecule has 0 bridgehead atoms. The molecule has 0 fully saturated rings. The third-order valence-corrected chi connectivity index (χ3v) is 3.52. The van der Waals surface area contributed by atoms with Crippen LogP contribution in [-0.2, 0) is 9.59 Å². The lowest BCUT2D eigenvalue weighted by molar-refractivity contribution is -0.384. The van der Waals surface area contributed by atoms with Crippen LogP contribution in [0.5, 0.6) is 0 Å². The molecule has 0 aromatic heterocycles. The first-order valence-electron chi connectivity index (χ1n) is 7.53. The van der Waals surface area contributed by atoms with Crippen molar-refractivity contribution in [2.24, 2.45) is 5.41 Å². The predicted molar refractivity (Wildman–Crippen MR) is 99.7 cm³/mol. The summed E-state index contributed by atoms with van der Waals surface area (Å²) in [6.07, 6.45) is 4.43. The molecular weight excluding hydrogens is 364 g/mol. The average Bonchev–Trinajstić information content (AvgIpc) is 2.56. The minimum absolute atomic E-state index is 0. The second-order valence-corrected chi connectivity index (χ2v) is 5.59. The quantitative estimate of drug-likeness (QED) is 0.523. The van der Waals surface area contributed by atoms with Gasteiger partial charge in [-0.3, -0.25) is 14.9 Å². The van der Waals surface area contributed by atoms with Gasteiger partial charge in [-0.15, -0.1) is 12.4 Å². The first-order valence-corrected chi connectivity index (χ1v) is 7.53. The van der Waals surface area contributed by atoms with Gasteiger partial charge in [0.05, 0.1) is 10.3 Å². The molecule has 142 valence electrons. The van der Waals surface area contributed by atoms with Crippen LogP contribution in [0.3, 0.4) is 0 Å². The second-order valence-electron chi connectivity index (χ2n) is 5.59. The third kappa shape index (κ3) is 6.56. The highest BCUT2D eigenvalue weighted by Gasteiger charge is 2.34. The lowest BCUT2D eigenvalue weighted by atomic mass is 9.80. The van der Waals surface area contributed by atoms with Crippen LogP contribution in [0.15, 0.2) is 48.1 Å². The van der Waals surface area contributed by atoms with Crippen LogP contribution in [0, 0.1) is 15.5 Å². The van der Waals surface area contributed by atoms with E-state index in [1.807, 2.05) is 6.92 Å². The first kappa shape index (κ1) is 23.1. The minimum atomic E-state index is -1.08. The molecule has 1 aromatic carbocycles. The zero-order valence-electron chi connectivity index (χ0n) is 14.3. The molecule has 1 atom stereocenters. The van der Waals surface area contributed by atoms with Crippen molar-refractivity contribution in [1.82, 2.24) is 0 Å². The molecule has 0 radical (unpaired) electrons. The SMILES string of the molecule is CC1(C(=O)O)C=CC=C(C(=O)O)C1.CCNc1cccc([N+](=O)[O-])c1.Cl. The summed E-state index contributed by atoms with van der Waals surface area (Å²) >= 11 is 0. The van der Waals surface area contributed by atoms with Crippen molar-refractivity contribution in [2.45, 2.75) is 20.3 Å². The fourth-order valence-corrected chi connectivity index (χ4v) is 2.12. The monoisotopic (exact) mass is 384 g/mol. The maximum Gasteiger partial charge on any atom is 0.331 e. The lowest BCUT2D eigenvalue weighted by Gasteiger charge is -2.23. The number of anilines is 1. The maximum atomic E-state index is 10.8. The van der Waals surface area contributed by atoms with Gasteiger partial charge >= 0.3 is 11.9 Å². The molecule has 0 saturated carbocycles. The highest BCUT2D eigenvalue weighted by atomic mass is 35.5. The number of carboxylic acids is 2. The van der Waals surface area contributed by atoms with Gasteiger partial charge in [0.25, 0.3) is 5.69 Å². The fourth-order valence-electron chi connectivity index (χ4n) is 2.12. The highest BCUT2D eigenvalue weighted by molar-refractivity contribution is 5.90. The molecular formula is C17H21ClN2O6. The number of nitro groups is 1. The van der Waals surface area contributed by atoms with Gasteiger partial charge in [-0.1, -0.05) is 24.3 Å². The van der Waals surface area contributed by atoms with E-state index in [4.69, 9.17) is 10.2 Å². The van der Waals surface area contributed by atoms with E-state index < -0.39 is 22.3 Å². The van der Waals surface area contributed by atoms with Gasteiger partial charge in [0.2, 0.25) is 0 Å². The van der Waals surface area contributed by atoms with E-state index in [2.05, 4.69) is 5.32 Å². The summed E-state index contributed by atoms with van der Waals surface area (Å²) in [5, 5.41) is 30.8. The van der Waals surface area contributed by atoms with Gasteiger partial charge in [0, 0.05) is 29.9 Å². The van der Waals surface area contributed by atoms with Crippen molar-refractivity contribution >= 4 is 35.7 Å². The second kappa shape index (κ2) is 10.2. The predicted octanol–water partition coefficient (Wildman–Crippen LogP) is 3.50. The van der Waals surface area contributed by atoms with Gasteiger partial charge in [-0.05, 0) is 26.3 Å². The Hall–Kier alpha value is -2.87. The van der Waals surface area contributed by atoms with E-state index in [0.717, 1.165) is 12.2 Å². The molecule has 1 aromatic rings. The Balaban J connectivity index is 0.000000464. The Bertz CT molecular complexity index is 732. The maximum absolute atomic E-state index is 10.8. The Labute approximate surface area is 156 Å². The van der Waals surface area contributed by atoms with Crippen molar-refractivity contribution < 1.29 is 24.7 Å². The van der Waals surface area contributed by atoms with E-state index in [-0.39, 0.29) is 30.1 Å². The summed E-state index contributed by atoms with van der Waals surface area (Å²) in [5.74, 6) is -2.06. The van der Waals surface area contributed by atoms with Gasteiger partial charge in [0.1, 0.15) is 0 Å². The molecule has 1 aliphatic carbocycles. The van der Waals surface area contributed by atoms with Crippen LogP contribution >= 0.6 is 12.4 Å². The standard InChI is InChI=1S/C9H10O4.C8H10N2O2.ClH/c1-9(8(12)13)4-2-3-6(5-9)7(10)11;1-2-9-7-4-3-5-8(6-7)10(11)12;/h2-4H,5H2,1H3,(H,10,11)(H,12,13);3-6,9H,2H2,1H3;1H. The first-order chi connectivity index (χ1) is 11.7. The summed E-state index contributed by atoms with van der Waals surface area (Å²) in [7, 11) is 0. The fraction of sp³-hybridized carbons (Fsp3) is 0.294. The summed E-state index contributed by atoms with van der Waals surface area (Å²) in [5.41, 5.74) is -0.0461. The van der Waals surface area contributed by atoms with Crippen LogP contribution in [0.2, 0.25) is 0 Å². The lowest BCUT2D eigenvalue weighted by Crippen LogP contribution is -2.28. The molecule has 9 heteroatoms. The van der Waals surface area contributed by atoms with E-state index >= 15 is 0 Å². The number of hydrogen-bond donors (Lipinski definition) is 3. The summed E-state index contributed by atoms with van der Waals surface area (Å²) in [6.45, 7) is 4.21. The molecule has 3 N–H and O–H groups in total. The van der Waals surface area contributed by atoms with Crippen LogP contribution in [0.25, 0.3) is 0 Å². The number of aliphatic carboxylic acids is 2. The van der Waals surface area contributed by atoms with Crippen molar-refractivity contribution in [3.8, 4) is 0 Å². The summed E-state index contributed by atoms with van der Waals surface area (Å²) in [6, 6.07) is 6.46. The topological polar surface area (TPSA) is 130 Å². The number of benzene rings is 1. The zero-order chi connectivity index (χ0) is 19.0. The van der Waals surface area contributed by atoms with Crippen LogP contribution in [0.1, 0.15) is 20.3 Å². The van der Waals surface area contributed by atoms with Crippen molar-refractivity contribution in [3.63, 3.8) is 0 Å². The number of halogens is 1. The third-order valence-electron chi connectivity index (χ3n) is 3.52. The highest BCUT2D eigenvalue weighted by Crippen LogP contribution is 2.31. The normalized spacial score (nSPS) is 17.7. The number of carbonyl (C=O) groups is 2. The van der Waals surface area contributed by atoms with Crippen LogP contribution < -0.4 is 5.32 Å². The molecule has 0 amide bonds. The Kier molecular flexibility index (Phi) is 9.07. The number of allylic oxidation sites excluding steroid dienone is 2. The van der Waals surface area contributed by atoms with E-state index in [9.17, 15) is 19.7 Å². The molecule has 8 nitrogen and oxygen atoms in total. The van der Waals surface area contributed by atoms with Gasteiger partial charge < -0.3 is 15.5 Å². The van der Waals surface area contributed by atoms with Crippen molar-refractivity contribution in [2.75, 3.05) is 11.9 Å². The number of nitro benzene ring substituents is 1. The van der Waals surface area contributed by atoms with Gasteiger partial charge in [0.15, 0.2) is 0 Å². The molecule has 0 aliphatic heterocycles. The zero-order valence-corrected chi connectivity index (χ0v) is 15.2. The van der Waals surface area contributed by atoms with E-state index in [0.29, 0.717) is 0 Å². The number of rotatable bonds is 5. The molecule has 0 spiro atoms. The van der Waals surface area contributed by atoms with Crippen LogP contribution in [-0.4, -0.2) is 33.6 Å². The Morgan fingerprint density at radius 2 is 2.00 bits per heavy atom. The molecule has 0 heterocycles. The Morgan fingerprint density at radius 3 is 2.50 bits per heavy atom. The largest absolute Gasteiger partial charge is 0.481 e. The smallest absolute Gasteiger partial charge is 0.331 e. The number of hydrogen-bond acceptors (Lipinski definition) is 5. The summed E-state index contributed by atoms with van der Waals surface area (Å²) < 4.78 is 0. The van der Waals surface area contributed by atoms with Gasteiger partial charge in [-0.25, -0.2) is 4.79 Å². The molecule has 1 aliphatic rings. The van der Waals surface area contributed by atoms with Gasteiger partial charge in [-0.2, -0.15) is 0 Å². The molecule has 0 saturated heterocycles. The molecule has 26 heavy (non-hydrogen) atoms. The average molecular weight is 385 g/mol. The van der Waals surface area contributed by atoms with Crippen molar-refractivity contribution in [1.29, 1.82) is 0 Å².